The molecule has 0 aliphatic carbocycles. The number of hydrogen-bond donors (Lipinski definition) is 1. The number of rotatable bonds is 8. The van der Waals surface area contributed by atoms with Crippen LogP contribution in [0.2, 0.25) is 5.15 Å². The maximum absolute atomic E-state index is 12.2. The Morgan fingerprint density at radius 1 is 1.09 bits per heavy atom. The summed E-state index contributed by atoms with van der Waals surface area (Å²) in [6.07, 6.45) is 3.03. The predicted octanol–water partition coefficient (Wildman–Crippen LogP) is 6.39. The molecule has 0 radical (unpaired) electrons. The second kappa shape index (κ2) is 11.1. The molecule has 4 aromatic rings. The van der Waals surface area contributed by atoms with Crippen LogP contribution in [0.5, 0.6) is 11.5 Å². The summed E-state index contributed by atoms with van der Waals surface area (Å²) in [6, 6.07) is 21.3. The number of hydrazone groups is 1. The Labute approximate surface area is 210 Å². The molecule has 0 aliphatic rings. The van der Waals surface area contributed by atoms with Crippen LogP contribution in [-0.4, -0.2) is 23.7 Å². The summed E-state index contributed by atoms with van der Waals surface area (Å²) >= 11 is 9.52. The average molecular weight is 539 g/mol. The lowest BCUT2D eigenvalue weighted by molar-refractivity contribution is 0.0955. The van der Waals surface area contributed by atoms with Gasteiger partial charge in [0.1, 0.15) is 11.8 Å². The molecule has 172 valence electrons. The molecule has 0 bridgehead atoms. The lowest BCUT2D eigenvalue weighted by Gasteiger charge is -2.15. The number of halogens is 2. The molecule has 3 aromatic carbocycles. The third-order valence-electron chi connectivity index (χ3n) is 4.91. The van der Waals surface area contributed by atoms with Crippen molar-refractivity contribution in [2.45, 2.75) is 13.5 Å². The summed E-state index contributed by atoms with van der Waals surface area (Å²) in [5.41, 5.74) is 4.46. The van der Waals surface area contributed by atoms with Crippen molar-refractivity contribution in [2.24, 2.45) is 5.10 Å². The van der Waals surface area contributed by atoms with Crippen molar-refractivity contribution in [3.63, 3.8) is 0 Å². The average Bonchev–Trinajstić information content (AvgIpc) is 2.84. The van der Waals surface area contributed by atoms with E-state index in [0.29, 0.717) is 34.7 Å². The van der Waals surface area contributed by atoms with Gasteiger partial charge in [-0.3, -0.25) is 4.79 Å². The summed E-state index contributed by atoms with van der Waals surface area (Å²) in [7, 11) is 0. The fourth-order valence-electron chi connectivity index (χ4n) is 3.33. The molecule has 34 heavy (non-hydrogen) atoms. The van der Waals surface area contributed by atoms with E-state index < -0.39 is 5.91 Å². The van der Waals surface area contributed by atoms with Gasteiger partial charge in [0.15, 0.2) is 11.5 Å². The first-order chi connectivity index (χ1) is 16.5. The molecule has 1 N–H and O–H groups in total. The Morgan fingerprint density at radius 3 is 2.71 bits per heavy atom. The Balaban J connectivity index is 1.48. The van der Waals surface area contributed by atoms with Crippen molar-refractivity contribution in [3.05, 3.63) is 99.2 Å². The first-order valence-corrected chi connectivity index (χ1v) is 11.7. The molecule has 1 heterocycles. The van der Waals surface area contributed by atoms with E-state index in [0.717, 1.165) is 10.9 Å². The van der Waals surface area contributed by atoms with Crippen molar-refractivity contribution in [2.75, 3.05) is 6.61 Å². The minimum atomic E-state index is -0.450. The second-order valence-corrected chi connectivity index (χ2v) is 8.49. The van der Waals surface area contributed by atoms with Crippen molar-refractivity contribution >= 4 is 50.4 Å². The van der Waals surface area contributed by atoms with Gasteiger partial charge >= 0.3 is 0 Å². The van der Waals surface area contributed by atoms with E-state index in [9.17, 15) is 4.79 Å². The van der Waals surface area contributed by atoms with E-state index in [1.54, 1.807) is 18.2 Å². The number of nitrogens with zero attached hydrogens (tertiary/aromatic N) is 2. The highest BCUT2D eigenvalue weighted by molar-refractivity contribution is 9.10. The quantitative estimate of drug-likeness (QED) is 0.160. The van der Waals surface area contributed by atoms with Crippen LogP contribution >= 0.6 is 27.5 Å². The summed E-state index contributed by atoms with van der Waals surface area (Å²) in [4.78, 5) is 16.1. The second-order valence-electron chi connectivity index (χ2n) is 7.27. The first kappa shape index (κ1) is 23.7. The molecule has 0 aliphatic heterocycles. The van der Waals surface area contributed by atoms with Gasteiger partial charge < -0.3 is 9.47 Å². The summed E-state index contributed by atoms with van der Waals surface area (Å²) in [5, 5.41) is 6.49. The zero-order chi connectivity index (χ0) is 23.9. The number of nitrogens with one attached hydrogen (secondary N) is 1. The highest BCUT2D eigenvalue weighted by atomic mass is 79.9. The van der Waals surface area contributed by atoms with Gasteiger partial charge in [-0.15, -0.1) is 0 Å². The molecule has 8 heteroatoms. The van der Waals surface area contributed by atoms with E-state index in [1.807, 2.05) is 25.1 Å². The topological polar surface area (TPSA) is 72.8 Å². The van der Waals surface area contributed by atoms with Gasteiger partial charge in [-0.25, -0.2) is 10.4 Å². The maximum atomic E-state index is 12.2. The van der Waals surface area contributed by atoms with Crippen LogP contribution in [0.3, 0.4) is 0 Å². The van der Waals surface area contributed by atoms with E-state index in [-0.39, 0.29) is 10.7 Å². The van der Waals surface area contributed by atoms with Gasteiger partial charge in [0.25, 0.3) is 5.91 Å². The van der Waals surface area contributed by atoms with Crippen LogP contribution in [0.25, 0.3) is 10.8 Å². The number of pyridine rings is 1. The SMILES string of the molecule is CCOc1cc(C=NNC(=O)c2cccnc2Cl)cc(Br)c1OCc1ccc2ccccc2c1. The molecule has 0 unspecified atom stereocenters. The smallest absolute Gasteiger partial charge is 0.274 e. The molecule has 1 amide bonds. The number of hydrogen-bond acceptors (Lipinski definition) is 5. The van der Waals surface area contributed by atoms with E-state index in [4.69, 9.17) is 21.1 Å². The maximum Gasteiger partial charge on any atom is 0.274 e. The number of aromatic nitrogens is 1. The molecule has 0 atom stereocenters. The van der Waals surface area contributed by atoms with E-state index in [2.05, 4.69) is 61.8 Å². The molecular formula is C26H21BrClN3O3. The van der Waals surface area contributed by atoms with Crippen molar-refractivity contribution in [1.29, 1.82) is 0 Å². The summed E-state index contributed by atoms with van der Waals surface area (Å²) in [5.74, 6) is 0.716. The van der Waals surface area contributed by atoms with Crippen LogP contribution in [0, 0.1) is 0 Å². The van der Waals surface area contributed by atoms with Crippen LogP contribution in [-0.2, 0) is 6.61 Å². The Hall–Kier alpha value is -3.42. The molecule has 1 aromatic heterocycles. The highest BCUT2D eigenvalue weighted by Gasteiger charge is 2.13. The van der Waals surface area contributed by atoms with E-state index in [1.165, 1.54) is 17.8 Å². The summed E-state index contributed by atoms with van der Waals surface area (Å²) < 4.78 is 12.6. The third-order valence-corrected chi connectivity index (χ3v) is 5.80. The molecule has 0 spiro atoms. The third kappa shape index (κ3) is 5.73. The molecule has 0 saturated heterocycles. The molecule has 0 fully saturated rings. The predicted molar refractivity (Wildman–Crippen MR) is 138 cm³/mol. The van der Waals surface area contributed by atoms with Crippen LogP contribution in [0.4, 0.5) is 0 Å². The standard InChI is InChI=1S/C26H21BrClN3O3/c1-2-33-23-14-18(15-30-31-26(32)21-8-5-11-29-25(21)28)13-22(27)24(23)34-16-17-9-10-19-6-3-4-7-20(19)12-17/h3-15H,2,16H2,1H3,(H,31,32). The highest BCUT2D eigenvalue weighted by Crippen LogP contribution is 2.37. The van der Waals surface area contributed by atoms with Gasteiger partial charge in [0.2, 0.25) is 0 Å². The molecule has 6 nitrogen and oxygen atoms in total. The van der Waals surface area contributed by atoms with E-state index >= 15 is 0 Å². The van der Waals surface area contributed by atoms with Gasteiger partial charge in [-0.05, 0) is 75.1 Å². The molecule has 4 rings (SSSR count). The lowest BCUT2D eigenvalue weighted by atomic mass is 10.1. The number of benzene rings is 3. The fraction of sp³-hybridized carbons (Fsp3) is 0.115. The number of amides is 1. The minimum Gasteiger partial charge on any atom is -0.490 e. The zero-order valence-corrected chi connectivity index (χ0v) is 20.6. The fourth-order valence-corrected chi connectivity index (χ4v) is 4.11. The lowest BCUT2D eigenvalue weighted by Crippen LogP contribution is -2.18. The largest absolute Gasteiger partial charge is 0.490 e. The van der Waals surface area contributed by atoms with Crippen molar-refractivity contribution in [1.82, 2.24) is 10.4 Å². The van der Waals surface area contributed by atoms with Crippen LogP contribution < -0.4 is 14.9 Å². The Morgan fingerprint density at radius 2 is 1.91 bits per heavy atom. The van der Waals surface area contributed by atoms with Gasteiger partial charge in [-0.1, -0.05) is 48.0 Å². The van der Waals surface area contributed by atoms with Gasteiger partial charge in [0.05, 0.1) is 22.9 Å². The number of ether oxygens (including phenoxy) is 2. The number of carbonyl (C=O) groups excluding carboxylic acids is 1. The van der Waals surface area contributed by atoms with Crippen LogP contribution in [0.15, 0.2) is 82.5 Å². The Kier molecular flexibility index (Phi) is 7.77. The minimum absolute atomic E-state index is 0.115. The number of carbonyl (C=O) groups is 1. The summed E-state index contributed by atoms with van der Waals surface area (Å²) in [6.45, 7) is 2.76. The van der Waals surface area contributed by atoms with Crippen molar-refractivity contribution in [3.8, 4) is 11.5 Å². The Bertz CT molecular complexity index is 1360. The molecular weight excluding hydrogens is 518 g/mol. The van der Waals surface area contributed by atoms with Crippen molar-refractivity contribution < 1.29 is 14.3 Å². The molecule has 0 saturated carbocycles. The van der Waals surface area contributed by atoms with Gasteiger partial charge in [-0.2, -0.15) is 5.10 Å². The first-order valence-electron chi connectivity index (χ1n) is 10.6. The number of fused-ring (bicyclic) bond motifs is 1. The normalized spacial score (nSPS) is 11.0. The zero-order valence-electron chi connectivity index (χ0n) is 18.3. The monoisotopic (exact) mass is 537 g/mol. The van der Waals surface area contributed by atoms with Crippen LogP contribution in [0.1, 0.15) is 28.4 Å². The van der Waals surface area contributed by atoms with Gasteiger partial charge in [0, 0.05) is 6.20 Å².